The molecule has 0 amide bonds. The number of hydrogen-bond acceptors (Lipinski definition) is 4. The molecule has 13 rings (SSSR count). The van der Waals surface area contributed by atoms with E-state index in [4.69, 9.17) is 9.72 Å². The van der Waals surface area contributed by atoms with E-state index >= 15 is 0 Å². The molecule has 2 aromatic heterocycles. The van der Waals surface area contributed by atoms with Crippen LogP contribution in [0.5, 0.6) is 11.5 Å². The summed E-state index contributed by atoms with van der Waals surface area (Å²) >= 11 is -3.54. The maximum atomic E-state index is 7.40. The summed E-state index contributed by atoms with van der Waals surface area (Å²) in [5.74, 6) is 2.57. The minimum atomic E-state index is -3.54. The molecule has 10 aromatic rings. The Labute approximate surface area is 489 Å². The molecule has 0 saturated heterocycles. The smallest absolute Gasteiger partial charge is 0.0132 e. The van der Waals surface area contributed by atoms with E-state index in [2.05, 4.69) is 304 Å². The Morgan fingerprint density at radius 2 is 1.05 bits per heavy atom. The zero-order chi connectivity index (χ0) is 57.1. The number of fused-ring (bicyclic) bond motifs is 1. The number of para-hydroxylation sites is 2. The van der Waals surface area contributed by atoms with Crippen LogP contribution in [0.3, 0.4) is 0 Å². The van der Waals surface area contributed by atoms with E-state index < -0.39 is 13.3 Å². The molecule has 0 radical (unpaired) electrons. The Morgan fingerprint density at radius 1 is 0.488 bits per heavy atom. The van der Waals surface area contributed by atoms with Gasteiger partial charge in [0.05, 0.1) is 0 Å². The fourth-order valence-electron chi connectivity index (χ4n) is 13.4. The number of aromatic nitrogens is 2. The molecule has 2 aliphatic heterocycles. The van der Waals surface area contributed by atoms with Gasteiger partial charge in [0.15, 0.2) is 0 Å². The molecule has 82 heavy (non-hydrogen) atoms. The summed E-state index contributed by atoms with van der Waals surface area (Å²) in [6.07, 6.45) is 7.78. The van der Waals surface area contributed by atoms with E-state index in [-0.39, 0.29) is 21.7 Å². The Hall–Kier alpha value is -7.87. The Morgan fingerprint density at radius 3 is 1.66 bits per heavy atom. The average Bonchev–Trinajstić information content (AvgIpc) is 1.64. The number of anilines is 4. The Bertz CT molecular complexity index is 4060. The van der Waals surface area contributed by atoms with Crippen LogP contribution in [0.25, 0.3) is 45.1 Å². The summed E-state index contributed by atoms with van der Waals surface area (Å²) < 4.78 is 14.6. The zero-order valence-electron chi connectivity index (χ0n) is 49.9. The molecular formula is C76H76GeN4O. The third kappa shape index (κ3) is 9.02. The Balaban J connectivity index is 0.975. The predicted octanol–water partition coefficient (Wildman–Crippen LogP) is 18.1. The number of pyridine rings is 1. The van der Waals surface area contributed by atoms with Crippen LogP contribution in [0.4, 0.5) is 22.7 Å². The van der Waals surface area contributed by atoms with E-state index in [9.17, 15) is 0 Å². The van der Waals surface area contributed by atoms with Gasteiger partial charge in [-0.3, -0.25) is 0 Å². The largest absolute Gasteiger partial charge is 0.0561 e. The molecule has 6 heteroatoms. The van der Waals surface area contributed by atoms with Gasteiger partial charge in [-0.25, -0.2) is 0 Å². The fourth-order valence-corrected chi connectivity index (χ4v) is 25.6. The molecule has 4 heterocycles. The summed E-state index contributed by atoms with van der Waals surface area (Å²) in [4.78, 5) is 10.2. The molecule has 1 atom stereocenters. The van der Waals surface area contributed by atoms with Gasteiger partial charge in [-0.05, 0) is 56.2 Å². The number of hydrogen-bond donors (Lipinski definition) is 0. The first kappa shape index (κ1) is 53.4. The van der Waals surface area contributed by atoms with E-state index in [0.717, 1.165) is 40.6 Å². The second-order valence-corrected chi connectivity index (χ2v) is 35.7. The SMILES string of the molecule is CC(C)(C)c1cc(-c2cc(C(C)(C)C)cc(-c3ccccc3)c2N2CN(c3cccc(Oc4c[c]5c6c7c(n(-c8cc(C(C)(C)C)ccn8)c6c4)C=CC[CH]7[Ge]5([c]4ccccc4)[c]4ccccc4)c3)c3ccccc32)cc(C(C)(C)C)c1. The van der Waals surface area contributed by atoms with Crippen molar-refractivity contribution in [3.05, 3.63) is 240 Å². The maximum absolute atomic E-state index is 7.40. The molecule has 3 aliphatic rings. The monoisotopic (exact) mass is 1130 g/mol. The molecule has 8 aromatic carbocycles. The second kappa shape index (κ2) is 19.7. The van der Waals surface area contributed by atoms with Gasteiger partial charge in [-0.2, -0.15) is 0 Å². The van der Waals surface area contributed by atoms with Gasteiger partial charge in [-0.1, -0.05) is 111 Å². The molecule has 0 N–H and O–H groups in total. The van der Waals surface area contributed by atoms with Crippen LogP contribution >= 0.6 is 0 Å². The molecule has 410 valence electrons. The average molecular weight is 1130 g/mol. The number of nitrogens with zero attached hydrogens (tertiary/aromatic N) is 4. The molecule has 0 fully saturated rings. The van der Waals surface area contributed by atoms with Gasteiger partial charge in [0.2, 0.25) is 0 Å². The van der Waals surface area contributed by atoms with Crippen LogP contribution in [0.1, 0.15) is 128 Å². The second-order valence-electron chi connectivity index (χ2n) is 27.3. The third-order valence-corrected chi connectivity index (χ3v) is 28.9. The van der Waals surface area contributed by atoms with Crippen LogP contribution < -0.4 is 27.7 Å². The number of allylic oxidation sites excluding steroid dienone is 1. The third-order valence-electron chi connectivity index (χ3n) is 17.8. The molecule has 5 nitrogen and oxygen atoms in total. The quantitative estimate of drug-likeness (QED) is 0.135. The van der Waals surface area contributed by atoms with E-state index in [1.807, 2.05) is 6.20 Å². The van der Waals surface area contributed by atoms with Gasteiger partial charge in [0.25, 0.3) is 0 Å². The van der Waals surface area contributed by atoms with Crippen LogP contribution in [0.2, 0.25) is 0 Å². The van der Waals surface area contributed by atoms with Crippen molar-refractivity contribution in [3.8, 4) is 39.6 Å². The topological polar surface area (TPSA) is 33.5 Å². The number of ether oxygens (including phenoxy) is 1. The zero-order valence-corrected chi connectivity index (χ0v) is 52.0. The first-order valence-electron chi connectivity index (χ1n) is 29.5. The predicted molar refractivity (Wildman–Crippen MR) is 349 cm³/mol. The van der Waals surface area contributed by atoms with Crippen molar-refractivity contribution in [1.82, 2.24) is 9.55 Å². The molecule has 0 bridgehead atoms. The number of rotatable bonds is 9. The van der Waals surface area contributed by atoms with Gasteiger partial charge in [0.1, 0.15) is 0 Å². The summed E-state index contributed by atoms with van der Waals surface area (Å²) in [6, 6.07) is 73.2. The van der Waals surface area contributed by atoms with Gasteiger partial charge in [-0.15, -0.1) is 0 Å². The fraction of sp³-hybridized carbons (Fsp3) is 0.250. The van der Waals surface area contributed by atoms with Crippen molar-refractivity contribution in [1.29, 1.82) is 0 Å². The Kier molecular flexibility index (Phi) is 12.8. The van der Waals surface area contributed by atoms with Crippen LogP contribution in [-0.4, -0.2) is 29.5 Å². The minimum Gasteiger partial charge on any atom is -0.0561 e. The van der Waals surface area contributed by atoms with Crippen LogP contribution in [-0.2, 0) is 21.7 Å². The van der Waals surface area contributed by atoms with E-state index in [0.29, 0.717) is 11.4 Å². The van der Waals surface area contributed by atoms with Crippen molar-refractivity contribution in [2.75, 3.05) is 16.5 Å². The van der Waals surface area contributed by atoms with E-state index in [1.165, 1.54) is 85.7 Å². The van der Waals surface area contributed by atoms with Crippen molar-refractivity contribution in [3.63, 3.8) is 0 Å². The van der Waals surface area contributed by atoms with Crippen molar-refractivity contribution >= 4 is 66.2 Å². The number of benzene rings is 8. The maximum Gasteiger partial charge on any atom is -0.0132 e. The van der Waals surface area contributed by atoms with E-state index in [1.54, 1.807) is 0 Å². The minimum absolute atomic E-state index is 0.0455. The summed E-state index contributed by atoms with van der Waals surface area (Å²) in [5.41, 5.74) is 18.3. The van der Waals surface area contributed by atoms with Crippen molar-refractivity contribution < 1.29 is 4.74 Å². The molecule has 1 unspecified atom stereocenters. The molecule has 1 aliphatic carbocycles. The summed E-state index contributed by atoms with van der Waals surface area (Å²) in [6.45, 7) is 28.5. The standard InChI is InChI=1S/C76H76GeN4O/c1-73(2,3)52-38-39-78-69(45-52)81-67-37-25-34-63-70(67)71-64(77(63,56-28-18-14-19-29-56)57-30-20-15-21-31-57)47-60(48-68(71)81)82-59-33-24-32-58(46-59)79-49-80(66-36-23-22-35-65(66)79)72-61(50-26-16-13-17-27-50)43-55(76(10,11)12)44-62(72)51-40-53(74(4,5)6)42-54(41-51)75(7,8)9/h13-33,35-48,63H,34,49H2,1-12H3. The summed E-state index contributed by atoms with van der Waals surface area (Å²) in [7, 11) is 0. The van der Waals surface area contributed by atoms with Gasteiger partial charge in [0, 0.05) is 0 Å². The van der Waals surface area contributed by atoms with Crippen LogP contribution in [0, 0.1) is 0 Å². The summed E-state index contributed by atoms with van der Waals surface area (Å²) in [5, 5.41) is 1.37. The molecule has 0 spiro atoms. The molecular weight excluding hydrogens is 1060 g/mol. The normalized spacial score (nSPS) is 15.6. The van der Waals surface area contributed by atoms with Gasteiger partial charge < -0.3 is 0 Å². The van der Waals surface area contributed by atoms with Crippen LogP contribution in [0.15, 0.2) is 206 Å². The van der Waals surface area contributed by atoms with Gasteiger partial charge >= 0.3 is 325 Å². The van der Waals surface area contributed by atoms with Crippen molar-refractivity contribution in [2.45, 2.75) is 116 Å². The first-order valence-corrected chi connectivity index (χ1v) is 33.8. The van der Waals surface area contributed by atoms with Crippen molar-refractivity contribution in [2.24, 2.45) is 0 Å². The molecule has 0 saturated carbocycles. The first-order chi connectivity index (χ1) is 39.2.